The number of hydrogen-bond acceptors (Lipinski definition) is 2. The van der Waals surface area contributed by atoms with Crippen molar-refractivity contribution in [3.05, 3.63) is 50.9 Å². The lowest BCUT2D eigenvalue weighted by Crippen LogP contribution is -2.01. The van der Waals surface area contributed by atoms with Gasteiger partial charge in [-0.3, -0.25) is 4.57 Å². The lowest BCUT2D eigenvalue weighted by atomic mass is 10.3. The summed E-state index contributed by atoms with van der Waals surface area (Å²) in [7, 11) is 0. The van der Waals surface area contributed by atoms with E-state index in [-0.39, 0.29) is 0 Å². The fourth-order valence-electron chi connectivity index (χ4n) is 1.99. The first-order chi connectivity index (χ1) is 9.06. The average Bonchev–Trinajstić information content (AvgIpc) is 2.65. The number of nitrogen functional groups attached to an aromatic ring is 1. The number of hydrogen-bond donors (Lipinski definition) is 1. The summed E-state index contributed by atoms with van der Waals surface area (Å²) in [6.45, 7) is 0. The monoisotopic (exact) mass is 355 g/mol. The number of benzene rings is 2. The van der Waals surface area contributed by atoms with E-state index in [0.29, 0.717) is 16.0 Å². The molecule has 0 unspecified atom stereocenters. The van der Waals surface area contributed by atoms with Crippen LogP contribution in [0, 0.1) is 0 Å². The highest BCUT2D eigenvalue weighted by Crippen LogP contribution is 2.30. The first-order valence-electron chi connectivity index (χ1n) is 5.45. The van der Waals surface area contributed by atoms with Crippen molar-refractivity contribution in [2.45, 2.75) is 0 Å². The Morgan fingerprint density at radius 1 is 1.11 bits per heavy atom. The molecule has 3 aromatic rings. The number of rotatable bonds is 1. The lowest BCUT2D eigenvalue weighted by molar-refractivity contribution is 1.11. The van der Waals surface area contributed by atoms with Crippen LogP contribution in [0.5, 0.6) is 0 Å². The summed E-state index contributed by atoms with van der Waals surface area (Å²) in [5.74, 6) is 0.386. The van der Waals surface area contributed by atoms with Gasteiger partial charge < -0.3 is 5.73 Å². The van der Waals surface area contributed by atoms with Crippen molar-refractivity contribution in [1.82, 2.24) is 9.55 Å². The summed E-state index contributed by atoms with van der Waals surface area (Å²) < 4.78 is 2.76. The van der Waals surface area contributed by atoms with Crippen LogP contribution < -0.4 is 5.73 Å². The minimum Gasteiger partial charge on any atom is -0.369 e. The molecule has 0 aliphatic carbocycles. The predicted octanol–water partition coefficient (Wildman–Crippen LogP) is 4.68. The zero-order chi connectivity index (χ0) is 13.6. The number of nitrogens with two attached hydrogens (primary N) is 1. The molecule has 1 aromatic heterocycles. The topological polar surface area (TPSA) is 43.8 Å². The van der Waals surface area contributed by atoms with Crippen LogP contribution in [0.15, 0.2) is 40.9 Å². The van der Waals surface area contributed by atoms with E-state index in [1.54, 1.807) is 16.7 Å². The van der Waals surface area contributed by atoms with Crippen LogP contribution >= 0.6 is 39.1 Å². The third kappa shape index (κ3) is 2.20. The Morgan fingerprint density at radius 3 is 2.63 bits per heavy atom. The van der Waals surface area contributed by atoms with Crippen molar-refractivity contribution in [3.8, 4) is 5.69 Å². The van der Waals surface area contributed by atoms with E-state index >= 15 is 0 Å². The number of halogens is 3. The Kier molecular flexibility index (Phi) is 3.17. The van der Waals surface area contributed by atoms with Gasteiger partial charge in [-0.05, 0) is 36.4 Å². The Morgan fingerprint density at radius 2 is 1.89 bits per heavy atom. The van der Waals surface area contributed by atoms with Crippen molar-refractivity contribution in [2.75, 3.05) is 5.73 Å². The Bertz CT molecular complexity index is 783. The van der Waals surface area contributed by atoms with Gasteiger partial charge in [0.25, 0.3) is 0 Å². The maximum atomic E-state index is 6.23. The molecule has 0 amide bonds. The molecule has 1 heterocycles. The van der Waals surface area contributed by atoms with Crippen LogP contribution in [0.1, 0.15) is 0 Å². The minimum atomic E-state index is 0.386. The normalized spacial score (nSPS) is 11.1. The summed E-state index contributed by atoms with van der Waals surface area (Å²) in [5.41, 5.74) is 8.44. The summed E-state index contributed by atoms with van der Waals surface area (Å²) in [4.78, 5) is 4.33. The SMILES string of the molecule is Nc1nc2cc(Br)ccc2n1-c1ccc(Cl)cc1Cl. The van der Waals surface area contributed by atoms with Gasteiger partial charge in [0.2, 0.25) is 5.95 Å². The highest BCUT2D eigenvalue weighted by molar-refractivity contribution is 9.10. The van der Waals surface area contributed by atoms with Crippen molar-refractivity contribution < 1.29 is 0 Å². The third-order valence-electron chi connectivity index (χ3n) is 2.79. The molecule has 6 heteroatoms. The van der Waals surface area contributed by atoms with Gasteiger partial charge in [-0.1, -0.05) is 39.1 Å². The van der Waals surface area contributed by atoms with Gasteiger partial charge in [-0.25, -0.2) is 4.98 Å². The fourth-order valence-corrected chi connectivity index (χ4v) is 2.83. The molecule has 0 aliphatic rings. The quantitative estimate of drug-likeness (QED) is 0.688. The van der Waals surface area contributed by atoms with E-state index < -0.39 is 0 Å². The van der Waals surface area contributed by atoms with Crippen molar-refractivity contribution >= 4 is 56.1 Å². The van der Waals surface area contributed by atoms with Gasteiger partial charge in [-0.2, -0.15) is 0 Å². The van der Waals surface area contributed by atoms with Crippen LogP contribution in [0.4, 0.5) is 5.95 Å². The lowest BCUT2D eigenvalue weighted by Gasteiger charge is -2.09. The Hall–Kier alpha value is -1.23. The fraction of sp³-hybridized carbons (Fsp3) is 0. The summed E-state index contributed by atoms with van der Waals surface area (Å²) in [6.07, 6.45) is 0. The summed E-state index contributed by atoms with van der Waals surface area (Å²) >= 11 is 15.5. The highest BCUT2D eigenvalue weighted by Gasteiger charge is 2.13. The summed E-state index contributed by atoms with van der Waals surface area (Å²) in [6, 6.07) is 11.1. The second-order valence-corrected chi connectivity index (χ2v) is 5.79. The molecular formula is C13H8BrCl2N3. The van der Waals surface area contributed by atoms with E-state index in [2.05, 4.69) is 20.9 Å². The molecule has 2 aromatic carbocycles. The van der Waals surface area contributed by atoms with E-state index in [1.165, 1.54) is 0 Å². The van der Waals surface area contributed by atoms with Gasteiger partial charge >= 0.3 is 0 Å². The van der Waals surface area contributed by atoms with Crippen LogP contribution in [0.25, 0.3) is 16.7 Å². The van der Waals surface area contributed by atoms with E-state index in [0.717, 1.165) is 21.2 Å². The van der Waals surface area contributed by atoms with Crippen LogP contribution in [-0.4, -0.2) is 9.55 Å². The zero-order valence-electron chi connectivity index (χ0n) is 9.57. The molecule has 0 spiro atoms. The first-order valence-corrected chi connectivity index (χ1v) is 7.00. The summed E-state index contributed by atoms with van der Waals surface area (Å²) in [5, 5.41) is 1.11. The minimum absolute atomic E-state index is 0.386. The van der Waals surface area contributed by atoms with E-state index in [9.17, 15) is 0 Å². The van der Waals surface area contributed by atoms with Gasteiger partial charge in [0.1, 0.15) is 0 Å². The van der Waals surface area contributed by atoms with Crippen LogP contribution in [0.3, 0.4) is 0 Å². The third-order valence-corrected chi connectivity index (χ3v) is 3.82. The van der Waals surface area contributed by atoms with E-state index in [1.807, 2.05) is 24.3 Å². The Labute approximate surface area is 128 Å². The second-order valence-electron chi connectivity index (χ2n) is 4.03. The standard InChI is InChI=1S/C13H8BrCl2N3/c14-7-1-3-12-10(5-7)18-13(17)19(12)11-4-2-8(15)6-9(11)16/h1-6H,(H2,17,18). The molecule has 0 saturated heterocycles. The molecule has 19 heavy (non-hydrogen) atoms. The number of anilines is 1. The number of imidazole rings is 1. The second kappa shape index (κ2) is 4.71. The smallest absolute Gasteiger partial charge is 0.205 e. The molecule has 0 aliphatic heterocycles. The molecule has 3 rings (SSSR count). The van der Waals surface area contributed by atoms with Gasteiger partial charge in [0.15, 0.2) is 0 Å². The molecule has 0 radical (unpaired) electrons. The molecule has 0 bridgehead atoms. The van der Waals surface area contributed by atoms with Crippen molar-refractivity contribution in [2.24, 2.45) is 0 Å². The van der Waals surface area contributed by atoms with Crippen LogP contribution in [0.2, 0.25) is 10.0 Å². The molecular weight excluding hydrogens is 349 g/mol. The number of fused-ring (bicyclic) bond motifs is 1. The average molecular weight is 357 g/mol. The number of nitrogens with zero attached hydrogens (tertiary/aromatic N) is 2. The van der Waals surface area contributed by atoms with Crippen molar-refractivity contribution in [3.63, 3.8) is 0 Å². The molecule has 2 N–H and O–H groups in total. The van der Waals surface area contributed by atoms with Crippen molar-refractivity contribution in [1.29, 1.82) is 0 Å². The maximum Gasteiger partial charge on any atom is 0.205 e. The zero-order valence-corrected chi connectivity index (χ0v) is 12.7. The molecule has 0 atom stereocenters. The maximum absolute atomic E-state index is 6.23. The molecule has 0 saturated carbocycles. The molecule has 0 fully saturated rings. The van der Waals surface area contributed by atoms with E-state index in [4.69, 9.17) is 28.9 Å². The number of aromatic nitrogens is 2. The van der Waals surface area contributed by atoms with Gasteiger partial charge in [-0.15, -0.1) is 0 Å². The van der Waals surface area contributed by atoms with Gasteiger partial charge in [0.05, 0.1) is 21.7 Å². The van der Waals surface area contributed by atoms with Crippen LogP contribution in [-0.2, 0) is 0 Å². The molecule has 96 valence electrons. The Balaban J connectivity index is 2.33. The largest absolute Gasteiger partial charge is 0.369 e. The first kappa shape index (κ1) is 12.8. The predicted molar refractivity (Wildman–Crippen MR) is 83.2 cm³/mol. The highest BCUT2D eigenvalue weighted by atomic mass is 79.9. The van der Waals surface area contributed by atoms with Gasteiger partial charge in [0, 0.05) is 9.50 Å². The molecule has 3 nitrogen and oxygen atoms in total.